The van der Waals surface area contributed by atoms with Gasteiger partial charge in [-0.15, -0.1) is 11.3 Å². The summed E-state index contributed by atoms with van der Waals surface area (Å²) in [5.74, 6) is 0.912. The molecule has 2 aliphatic heterocycles. The number of likely N-dealkylation sites (tertiary alicyclic amines) is 1. The van der Waals surface area contributed by atoms with E-state index in [1.165, 1.54) is 5.57 Å². The summed E-state index contributed by atoms with van der Waals surface area (Å²) in [6, 6.07) is 8.18. The summed E-state index contributed by atoms with van der Waals surface area (Å²) >= 11 is 1.61. The van der Waals surface area contributed by atoms with E-state index in [4.69, 9.17) is 0 Å². The Morgan fingerprint density at radius 2 is 2.14 bits per heavy atom. The molecule has 1 atom stereocenters. The molecule has 3 N–H and O–H groups in total. The highest BCUT2D eigenvalue weighted by molar-refractivity contribution is 7.16. The van der Waals surface area contributed by atoms with Crippen LogP contribution >= 0.6 is 11.3 Å². The van der Waals surface area contributed by atoms with Gasteiger partial charge in [0.1, 0.15) is 17.8 Å². The predicted octanol–water partition coefficient (Wildman–Crippen LogP) is 4.02. The number of nitrogens with one attached hydrogen (secondary N) is 2. The molecule has 0 aliphatic carbocycles. The Bertz CT molecular complexity index is 1490. The number of benzene rings is 1. The fourth-order valence-corrected chi connectivity index (χ4v) is 6.11. The van der Waals surface area contributed by atoms with Gasteiger partial charge in [-0.3, -0.25) is 9.69 Å². The van der Waals surface area contributed by atoms with Crippen molar-refractivity contribution in [3.05, 3.63) is 47.9 Å². The summed E-state index contributed by atoms with van der Waals surface area (Å²) in [6.45, 7) is 7.46. The predicted molar refractivity (Wildman–Crippen MR) is 147 cm³/mol. The van der Waals surface area contributed by atoms with E-state index in [0.717, 1.165) is 57.8 Å². The lowest BCUT2D eigenvalue weighted by Crippen LogP contribution is -2.48. The fourth-order valence-electron chi connectivity index (χ4n) is 5.39. The number of thiazole rings is 1. The topological polar surface area (TPSA) is 110 Å². The van der Waals surface area contributed by atoms with E-state index in [1.807, 2.05) is 36.4 Å². The Morgan fingerprint density at radius 3 is 2.92 bits per heavy atom. The highest BCUT2D eigenvalue weighted by Gasteiger charge is 2.36. The Labute approximate surface area is 219 Å². The summed E-state index contributed by atoms with van der Waals surface area (Å²) in [5.41, 5.74) is 6.27. The number of aliphatic hydroxyl groups excluding tert-OH is 1. The number of aromatic nitrogens is 4. The van der Waals surface area contributed by atoms with Crippen LogP contribution in [0.4, 0.5) is 11.5 Å². The zero-order valence-corrected chi connectivity index (χ0v) is 21.9. The van der Waals surface area contributed by atoms with Crippen molar-refractivity contribution in [2.75, 3.05) is 38.0 Å². The van der Waals surface area contributed by atoms with Crippen LogP contribution in [-0.4, -0.2) is 79.6 Å². The molecule has 5 heterocycles. The number of rotatable bonds is 6. The van der Waals surface area contributed by atoms with E-state index in [0.29, 0.717) is 26.2 Å². The van der Waals surface area contributed by atoms with Crippen molar-refractivity contribution in [3.63, 3.8) is 0 Å². The first-order valence-electron chi connectivity index (χ1n) is 12.7. The molecule has 0 spiro atoms. The smallest absolute Gasteiger partial charge is 0.229 e. The van der Waals surface area contributed by atoms with Crippen LogP contribution in [0.5, 0.6) is 0 Å². The van der Waals surface area contributed by atoms with Gasteiger partial charge in [0.25, 0.3) is 0 Å². The minimum Gasteiger partial charge on any atom is -0.392 e. The monoisotopic (exact) mass is 517 g/mol. The van der Waals surface area contributed by atoms with Crippen LogP contribution in [0.15, 0.2) is 42.2 Å². The second-order valence-corrected chi connectivity index (χ2v) is 11.5. The maximum absolute atomic E-state index is 13.3. The molecule has 1 saturated heterocycles. The summed E-state index contributed by atoms with van der Waals surface area (Å²) in [6.07, 6.45) is 4.99. The third-order valence-electron chi connectivity index (χ3n) is 7.31. The lowest BCUT2D eigenvalue weighted by Gasteiger charge is -2.36. The van der Waals surface area contributed by atoms with Gasteiger partial charge in [0.15, 0.2) is 0 Å². The SMILES string of the molecule is CC(C)(CN1CCC(O)C1)C(=O)N1CC=C(c2cc3c(Nc4ccc5ncsc5c4)ncnc3[nH]2)CC1. The van der Waals surface area contributed by atoms with E-state index in [-0.39, 0.29) is 12.0 Å². The van der Waals surface area contributed by atoms with Crippen molar-refractivity contribution in [2.24, 2.45) is 5.41 Å². The number of H-pyrrole nitrogens is 1. The van der Waals surface area contributed by atoms with Crippen molar-refractivity contribution < 1.29 is 9.90 Å². The van der Waals surface area contributed by atoms with Gasteiger partial charge in [0.05, 0.1) is 32.6 Å². The zero-order valence-electron chi connectivity index (χ0n) is 21.1. The summed E-state index contributed by atoms with van der Waals surface area (Å²) in [5, 5.41) is 14.2. The molecule has 192 valence electrons. The number of carbonyl (C=O) groups is 1. The molecule has 1 aromatic carbocycles. The van der Waals surface area contributed by atoms with E-state index < -0.39 is 5.41 Å². The van der Waals surface area contributed by atoms with Crippen molar-refractivity contribution in [1.82, 2.24) is 29.7 Å². The Kier molecular flexibility index (Phi) is 6.18. The summed E-state index contributed by atoms with van der Waals surface area (Å²) in [4.78, 5) is 34.2. The average molecular weight is 518 g/mol. The first-order chi connectivity index (χ1) is 17.9. The van der Waals surface area contributed by atoms with Gasteiger partial charge in [0, 0.05) is 44.1 Å². The third kappa shape index (κ3) is 4.84. The van der Waals surface area contributed by atoms with Gasteiger partial charge >= 0.3 is 0 Å². The van der Waals surface area contributed by atoms with Gasteiger partial charge in [-0.2, -0.15) is 0 Å². The van der Waals surface area contributed by atoms with Crippen LogP contribution in [-0.2, 0) is 4.79 Å². The van der Waals surface area contributed by atoms with Crippen molar-refractivity contribution >= 4 is 55.6 Å². The molecule has 1 unspecified atom stereocenters. The maximum atomic E-state index is 13.3. The third-order valence-corrected chi connectivity index (χ3v) is 8.10. The molecule has 9 nitrogen and oxygen atoms in total. The zero-order chi connectivity index (χ0) is 25.6. The number of anilines is 2. The molecule has 0 saturated carbocycles. The second kappa shape index (κ2) is 9.51. The van der Waals surface area contributed by atoms with E-state index in [2.05, 4.69) is 48.4 Å². The number of amides is 1. The van der Waals surface area contributed by atoms with Gasteiger partial charge < -0.3 is 20.3 Å². The number of nitrogens with zero attached hydrogens (tertiary/aromatic N) is 5. The summed E-state index contributed by atoms with van der Waals surface area (Å²) in [7, 11) is 0. The number of aromatic amines is 1. The van der Waals surface area contributed by atoms with Crippen molar-refractivity contribution in [2.45, 2.75) is 32.8 Å². The van der Waals surface area contributed by atoms with Crippen LogP contribution in [0.25, 0.3) is 26.8 Å². The van der Waals surface area contributed by atoms with E-state index >= 15 is 0 Å². The number of aliphatic hydroxyl groups is 1. The largest absolute Gasteiger partial charge is 0.392 e. The van der Waals surface area contributed by atoms with E-state index in [1.54, 1.807) is 17.7 Å². The first kappa shape index (κ1) is 24.0. The van der Waals surface area contributed by atoms with Crippen LogP contribution < -0.4 is 5.32 Å². The molecular weight excluding hydrogens is 486 g/mol. The molecule has 1 amide bonds. The first-order valence-corrected chi connectivity index (χ1v) is 13.6. The quantitative estimate of drug-likeness (QED) is 0.354. The van der Waals surface area contributed by atoms with E-state index in [9.17, 15) is 9.90 Å². The van der Waals surface area contributed by atoms with Gasteiger partial charge in [-0.05, 0) is 56.5 Å². The van der Waals surface area contributed by atoms with Crippen LogP contribution in [0.3, 0.4) is 0 Å². The molecule has 4 aromatic rings. The van der Waals surface area contributed by atoms with Crippen LogP contribution in [0, 0.1) is 5.41 Å². The molecule has 1 fully saturated rings. The Morgan fingerprint density at radius 1 is 1.24 bits per heavy atom. The highest BCUT2D eigenvalue weighted by atomic mass is 32.1. The number of carbonyl (C=O) groups excluding carboxylic acids is 1. The molecule has 3 aromatic heterocycles. The number of hydrogen-bond acceptors (Lipinski definition) is 8. The Balaban J connectivity index is 1.17. The second-order valence-electron chi connectivity index (χ2n) is 10.6. The molecule has 0 radical (unpaired) electrons. The van der Waals surface area contributed by atoms with Gasteiger partial charge in [0.2, 0.25) is 5.91 Å². The summed E-state index contributed by atoms with van der Waals surface area (Å²) < 4.78 is 1.12. The lowest BCUT2D eigenvalue weighted by molar-refractivity contribution is -0.140. The minimum absolute atomic E-state index is 0.163. The molecular formula is C27H31N7O2S. The number of β-amino-alcohol motifs (C(OH)–C–C–N with tert-alkyl or cyclic N) is 1. The van der Waals surface area contributed by atoms with Gasteiger partial charge in [-0.25, -0.2) is 15.0 Å². The fraction of sp³-hybridized carbons (Fsp3) is 0.407. The van der Waals surface area contributed by atoms with Crippen LogP contribution in [0.1, 0.15) is 32.4 Å². The van der Waals surface area contributed by atoms with Gasteiger partial charge in [-0.1, -0.05) is 6.08 Å². The van der Waals surface area contributed by atoms with Crippen molar-refractivity contribution in [3.8, 4) is 0 Å². The van der Waals surface area contributed by atoms with Crippen molar-refractivity contribution in [1.29, 1.82) is 0 Å². The normalized spacial score (nSPS) is 19.1. The Hall–Kier alpha value is -3.34. The molecule has 10 heteroatoms. The maximum Gasteiger partial charge on any atom is 0.229 e. The standard InChI is InChI=1S/C27H31N7O2S/c1-27(2,14-33-8-7-19(35)13-33)26(36)34-9-5-17(6-10-34)22-12-20-24(28-15-29-25(20)32-22)31-18-3-4-21-23(11-18)37-16-30-21/h3-5,11-12,15-16,19,35H,6-10,13-14H2,1-2H3,(H2,28,29,31,32). The molecule has 2 aliphatic rings. The minimum atomic E-state index is -0.491. The highest BCUT2D eigenvalue weighted by Crippen LogP contribution is 2.31. The molecule has 6 rings (SSSR count). The average Bonchev–Trinajstić information content (AvgIpc) is 3.63. The number of hydrogen-bond donors (Lipinski definition) is 3. The molecule has 37 heavy (non-hydrogen) atoms. The van der Waals surface area contributed by atoms with Crippen LogP contribution in [0.2, 0.25) is 0 Å². The number of fused-ring (bicyclic) bond motifs is 2. The lowest BCUT2D eigenvalue weighted by atomic mass is 9.89. The molecule has 0 bridgehead atoms.